The quantitative estimate of drug-likeness (QED) is 0.834. The van der Waals surface area contributed by atoms with Crippen molar-refractivity contribution in [2.75, 3.05) is 13.6 Å². The molecule has 1 aromatic rings. The smallest absolute Gasteiger partial charge is 0.0246 e. The number of benzene rings is 1. The number of hydrogen-bond acceptors (Lipinski definition) is 2. The number of likely N-dealkylation sites (N-methyl/N-ethyl adjacent to an activating group) is 1. The minimum atomic E-state index is 0.161. The molecule has 2 N–H and O–H groups in total. The molecule has 0 aliphatic heterocycles. The Bertz CT molecular complexity index is 396. The molecule has 0 saturated heterocycles. The third-order valence-electron chi connectivity index (χ3n) is 3.99. The highest BCUT2D eigenvalue weighted by molar-refractivity contribution is 5.33. The Hall–Kier alpha value is -0.860. The van der Waals surface area contributed by atoms with Crippen molar-refractivity contribution in [3.8, 4) is 0 Å². The lowest BCUT2D eigenvalue weighted by Crippen LogP contribution is -2.45. The van der Waals surface area contributed by atoms with Gasteiger partial charge in [-0.1, -0.05) is 18.2 Å². The summed E-state index contributed by atoms with van der Waals surface area (Å²) in [7, 11) is 2.01. The predicted octanol–water partition coefficient (Wildman–Crippen LogP) is 2.65. The maximum atomic E-state index is 3.54. The molecule has 1 aliphatic rings. The second-order valence-corrected chi connectivity index (χ2v) is 6.05. The zero-order chi connectivity index (χ0) is 13.0. The lowest BCUT2D eigenvalue weighted by molar-refractivity contribution is 0.393. The molecule has 100 valence electrons. The van der Waals surface area contributed by atoms with Crippen molar-refractivity contribution in [2.45, 2.75) is 51.6 Å². The van der Waals surface area contributed by atoms with Gasteiger partial charge in [0, 0.05) is 18.6 Å². The van der Waals surface area contributed by atoms with E-state index in [-0.39, 0.29) is 5.54 Å². The standard InChI is InChI=1S/C16H26N2/c1-16(2,17-3)12-18-11-13-8-9-14-6-4-5-7-15(14)10-13/h8-10,17-18H,4-7,11-12H2,1-3H3. The predicted molar refractivity (Wildman–Crippen MR) is 77.9 cm³/mol. The average molecular weight is 246 g/mol. The van der Waals surface area contributed by atoms with E-state index in [0.717, 1.165) is 13.1 Å². The van der Waals surface area contributed by atoms with E-state index >= 15 is 0 Å². The summed E-state index contributed by atoms with van der Waals surface area (Å²) in [5, 5.41) is 6.85. The van der Waals surface area contributed by atoms with Crippen molar-refractivity contribution in [1.82, 2.24) is 10.6 Å². The van der Waals surface area contributed by atoms with Gasteiger partial charge in [-0.25, -0.2) is 0 Å². The minimum Gasteiger partial charge on any atom is -0.314 e. The molecule has 2 rings (SSSR count). The number of aryl methyl sites for hydroxylation is 2. The van der Waals surface area contributed by atoms with E-state index in [9.17, 15) is 0 Å². The second kappa shape index (κ2) is 5.85. The molecule has 0 fully saturated rings. The molecule has 18 heavy (non-hydrogen) atoms. The van der Waals surface area contributed by atoms with E-state index in [0.29, 0.717) is 0 Å². The van der Waals surface area contributed by atoms with Crippen LogP contribution in [0.5, 0.6) is 0 Å². The third kappa shape index (κ3) is 3.56. The Kier molecular flexibility index (Phi) is 4.41. The molecule has 0 heterocycles. The average Bonchev–Trinajstić information content (AvgIpc) is 2.38. The lowest BCUT2D eigenvalue weighted by Gasteiger charge is -2.24. The summed E-state index contributed by atoms with van der Waals surface area (Å²) in [6.45, 7) is 6.39. The number of hydrogen-bond donors (Lipinski definition) is 2. The van der Waals surface area contributed by atoms with Crippen molar-refractivity contribution in [2.24, 2.45) is 0 Å². The normalized spacial score (nSPS) is 15.5. The highest BCUT2D eigenvalue weighted by Gasteiger charge is 2.14. The van der Waals surface area contributed by atoms with E-state index in [1.807, 2.05) is 7.05 Å². The van der Waals surface area contributed by atoms with Crippen LogP contribution in [0.2, 0.25) is 0 Å². The van der Waals surface area contributed by atoms with Crippen LogP contribution in [0.15, 0.2) is 18.2 Å². The fourth-order valence-electron chi connectivity index (χ4n) is 2.50. The Labute approximate surface area is 111 Å². The molecule has 2 nitrogen and oxygen atoms in total. The number of fused-ring (bicyclic) bond motifs is 1. The monoisotopic (exact) mass is 246 g/mol. The van der Waals surface area contributed by atoms with Gasteiger partial charge in [-0.3, -0.25) is 0 Å². The van der Waals surface area contributed by atoms with Crippen LogP contribution in [-0.4, -0.2) is 19.1 Å². The molecular formula is C16H26N2. The molecule has 2 heteroatoms. The van der Waals surface area contributed by atoms with Gasteiger partial charge in [0.1, 0.15) is 0 Å². The van der Waals surface area contributed by atoms with Crippen LogP contribution >= 0.6 is 0 Å². The van der Waals surface area contributed by atoms with Crippen molar-refractivity contribution < 1.29 is 0 Å². The van der Waals surface area contributed by atoms with Gasteiger partial charge in [0.25, 0.3) is 0 Å². The molecular weight excluding hydrogens is 220 g/mol. The van der Waals surface area contributed by atoms with Crippen molar-refractivity contribution >= 4 is 0 Å². The molecule has 1 aliphatic carbocycles. The van der Waals surface area contributed by atoms with Crippen molar-refractivity contribution in [1.29, 1.82) is 0 Å². The lowest BCUT2D eigenvalue weighted by atomic mass is 9.90. The minimum absolute atomic E-state index is 0.161. The maximum absolute atomic E-state index is 3.54. The van der Waals surface area contributed by atoms with Crippen molar-refractivity contribution in [3.05, 3.63) is 34.9 Å². The molecule has 1 aromatic carbocycles. The first kappa shape index (κ1) is 13.6. The van der Waals surface area contributed by atoms with E-state index in [1.54, 1.807) is 11.1 Å². The van der Waals surface area contributed by atoms with Gasteiger partial charge < -0.3 is 10.6 Å². The number of rotatable bonds is 5. The summed E-state index contributed by atoms with van der Waals surface area (Å²) in [4.78, 5) is 0. The zero-order valence-corrected chi connectivity index (χ0v) is 12.0. The third-order valence-corrected chi connectivity index (χ3v) is 3.99. The summed E-state index contributed by atoms with van der Waals surface area (Å²) < 4.78 is 0. The summed E-state index contributed by atoms with van der Waals surface area (Å²) in [5.41, 5.74) is 4.73. The Morgan fingerprint density at radius 3 is 2.56 bits per heavy atom. The molecule has 0 bridgehead atoms. The van der Waals surface area contributed by atoms with Crippen LogP contribution in [0.1, 0.15) is 43.4 Å². The molecule has 0 spiro atoms. The first-order valence-electron chi connectivity index (χ1n) is 7.11. The summed E-state index contributed by atoms with van der Waals surface area (Å²) in [6, 6.07) is 7.01. The van der Waals surface area contributed by atoms with Gasteiger partial charge in [-0.05, 0) is 63.3 Å². The van der Waals surface area contributed by atoms with E-state index in [1.165, 1.54) is 31.2 Å². The Balaban J connectivity index is 1.90. The molecule has 0 radical (unpaired) electrons. The first-order valence-corrected chi connectivity index (χ1v) is 7.11. The van der Waals surface area contributed by atoms with Gasteiger partial charge in [0.2, 0.25) is 0 Å². The molecule has 0 amide bonds. The highest BCUT2D eigenvalue weighted by atomic mass is 15.0. The van der Waals surface area contributed by atoms with Gasteiger partial charge in [0.05, 0.1) is 0 Å². The topological polar surface area (TPSA) is 24.1 Å². The Morgan fingerprint density at radius 2 is 1.83 bits per heavy atom. The molecule has 0 saturated carbocycles. The van der Waals surface area contributed by atoms with Gasteiger partial charge in [-0.15, -0.1) is 0 Å². The van der Waals surface area contributed by atoms with Crippen LogP contribution < -0.4 is 10.6 Å². The largest absolute Gasteiger partial charge is 0.314 e. The van der Waals surface area contributed by atoms with Gasteiger partial charge in [-0.2, -0.15) is 0 Å². The van der Waals surface area contributed by atoms with Crippen LogP contribution in [-0.2, 0) is 19.4 Å². The van der Waals surface area contributed by atoms with E-state index < -0.39 is 0 Å². The SMILES string of the molecule is CNC(C)(C)CNCc1ccc2c(c1)CCCC2. The fourth-order valence-corrected chi connectivity index (χ4v) is 2.50. The number of nitrogens with one attached hydrogen (secondary N) is 2. The molecule has 0 atom stereocenters. The summed E-state index contributed by atoms with van der Waals surface area (Å²) in [5.74, 6) is 0. The van der Waals surface area contributed by atoms with Gasteiger partial charge >= 0.3 is 0 Å². The van der Waals surface area contributed by atoms with Gasteiger partial charge in [0.15, 0.2) is 0 Å². The first-order chi connectivity index (χ1) is 8.61. The molecule has 0 unspecified atom stereocenters. The second-order valence-electron chi connectivity index (χ2n) is 6.05. The van der Waals surface area contributed by atoms with E-state index in [4.69, 9.17) is 0 Å². The zero-order valence-electron chi connectivity index (χ0n) is 12.0. The highest BCUT2D eigenvalue weighted by Crippen LogP contribution is 2.22. The van der Waals surface area contributed by atoms with Crippen LogP contribution in [0.4, 0.5) is 0 Å². The van der Waals surface area contributed by atoms with Crippen LogP contribution in [0, 0.1) is 0 Å². The van der Waals surface area contributed by atoms with E-state index in [2.05, 4.69) is 42.7 Å². The summed E-state index contributed by atoms with van der Waals surface area (Å²) >= 11 is 0. The maximum Gasteiger partial charge on any atom is 0.0246 e. The molecule has 0 aromatic heterocycles. The van der Waals surface area contributed by atoms with Crippen LogP contribution in [0.3, 0.4) is 0 Å². The van der Waals surface area contributed by atoms with Crippen molar-refractivity contribution in [3.63, 3.8) is 0 Å². The fraction of sp³-hybridized carbons (Fsp3) is 0.625. The Morgan fingerprint density at radius 1 is 1.11 bits per heavy atom. The van der Waals surface area contributed by atoms with Crippen LogP contribution in [0.25, 0.3) is 0 Å². The summed E-state index contributed by atoms with van der Waals surface area (Å²) in [6.07, 6.45) is 5.26.